The first kappa shape index (κ1) is 21.6. The molecule has 33 heavy (non-hydrogen) atoms. The number of nitrogens with zero attached hydrogens (tertiary/aromatic N) is 2. The van der Waals surface area contributed by atoms with Crippen molar-refractivity contribution >= 4 is 34.3 Å². The molecule has 1 aromatic heterocycles. The van der Waals surface area contributed by atoms with Gasteiger partial charge in [0.15, 0.2) is 0 Å². The Balaban J connectivity index is 1.52. The van der Waals surface area contributed by atoms with Crippen LogP contribution in [0.25, 0.3) is 10.9 Å². The molecule has 0 bridgehead atoms. The number of phenols is 1. The second-order valence-corrected chi connectivity index (χ2v) is 7.15. The molecule has 4 rings (SSSR count). The molecule has 0 aliphatic rings. The third kappa shape index (κ3) is 4.82. The fourth-order valence-electron chi connectivity index (χ4n) is 3.34. The molecule has 0 unspecified atom stereocenters. The number of carboxylic acids is 1. The molecular weight excluding hydrogens is 424 g/mol. The summed E-state index contributed by atoms with van der Waals surface area (Å²) in [5, 5.41) is 25.7. The van der Waals surface area contributed by atoms with E-state index >= 15 is 0 Å². The molecule has 4 N–H and O–H groups in total. The molecule has 0 saturated heterocycles. The van der Waals surface area contributed by atoms with Gasteiger partial charge in [-0.2, -0.15) is 0 Å². The Morgan fingerprint density at radius 1 is 1.03 bits per heavy atom. The molecule has 0 saturated carbocycles. The number of fused-ring (bicyclic) bond motifs is 1. The lowest BCUT2D eigenvalue weighted by molar-refractivity contribution is 0.0698. The number of rotatable bonds is 7. The van der Waals surface area contributed by atoms with Gasteiger partial charge in [0, 0.05) is 23.2 Å². The fraction of sp³-hybridized carbons (Fsp3) is 0.0833. The van der Waals surface area contributed by atoms with Crippen molar-refractivity contribution in [2.75, 3.05) is 12.4 Å². The van der Waals surface area contributed by atoms with Crippen molar-refractivity contribution in [2.24, 2.45) is 0 Å². The van der Waals surface area contributed by atoms with Gasteiger partial charge in [-0.1, -0.05) is 12.1 Å². The number of hydrogen-bond donors (Lipinski definition) is 4. The highest BCUT2D eigenvalue weighted by Gasteiger charge is 2.15. The number of aromatic hydroxyl groups is 1. The van der Waals surface area contributed by atoms with E-state index in [1.54, 1.807) is 31.4 Å². The first-order valence-corrected chi connectivity index (χ1v) is 9.94. The van der Waals surface area contributed by atoms with Crippen LogP contribution in [0.4, 0.5) is 11.5 Å². The number of anilines is 2. The maximum Gasteiger partial charge on any atom is 0.338 e. The predicted octanol–water partition coefficient (Wildman–Crippen LogP) is 3.72. The Bertz CT molecular complexity index is 1340. The molecule has 166 valence electrons. The minimum atomic E-state index is -1.20. The van der Waals surface area contributed by atoms with Gasteiger partial charge in [0.05, 0.1) is 18.2 Å². The average molecular weight is 444 g/mol. The molecule has 9 heteroatoms. The minimum absolute atomic E-state index is 0.120. The second-order valence-electron chi connectivity index (χ2n) is 7.15. The number of carboxylic acid groups (broad SMARTS) is 1. The monoisotopic (exact) mass is 444 g/mol. The van der Waals surface area contributed by atoms with Gasteiger partial charge in [-0.15, -0.1) is 0 Å². The number of carbonyl (C=O) groups is 2. The van der Waals surface area contributed by atoms with Crippen LogP contribution in [-0.2, 0) is 6.54 Å². The lowest BCUT2D eigenvalue weighted by Crippen LogP contribution is -2.22. The summed E-state index contributed by atoms with van der Waals surface area (Å²) in [5.74, 6) is -0.596. The van der Waals surface area contributed by atoms with Crippen molar-refractivity contribution in [3.8, 4) is 11.5 Å². The van der Waals surface area contributed by atoms with Crippen LogP contribution in [-0.4, -0.2) is 39.2 Å². The zero-order valence-electron chi connectivity index (χ0n) is 17.6. The Labute approximate surface area is 188 Å². The van der Waals surface area contributed by atoms with Crippen LogP contribution in [0.5, 0.6) is 11.5 Å². The fourth-order valence-corrected chi connectivity index (χ4v) is 3.34. The summed E-state index contributed by atoms with van der Waals surface area (Å²) in [6.07, 6.45) is 1.26. The van der Waals surface area contributed by atoms with Gasteiger partial charge in [-0.3, -0.25) is 4.79 Å². The van der Waals surface area contributed by atoms with Crippen molar-refractivity contribution < 1.29 is 24.5 Å². The van der Waals surface area contributed by atoms with E-state index in [0.29, 0.717) is 34.7 Å². The molecule has 0 radical (unpaired) electrons. The molecule has 0 aliphatic heterocycles. The molecule has 0 atom stereocenters. The predicted molar refractivity (Wildman–Crippen MR) is 122 cm³/mol. The van der Waals surface area contributed by atoms with Crippen LogP contribution in [0.2, 0.25) is 0 Å². The van der Waals surface area contributed by atoms with E-state index in [2.05, 4.69) is 20.6 Å². The van der Waals surface area contributed by atoms with Crippen molar-refractivity contribution in [3.05, 3.63) is 83.7 Å². The van der Waals surface area contributed by atoms with Gasteiger partial charge in [0.1, 0.15) is 23.6 Å². The molecule has 9 nitrogen and oxygen atoms in total. The van der Waals surface area contributed by atoms with E-state index in [1.165, 1.54) is 12.4 Å². The maximum absolute atomic E-state index is 12.4. The van der Waals surface area contributed by atoms with E-state index in [1.807, 2.05) is 24.3 Å². The molecule has 0 aliphatic carbocycles. The van der Waals surface area contributed by atoms with E-state index in [4.69, 9.17) is 4.74 Å². The number of phenolic OH excluding ortho intramolecular Hbond substituents is 1. The Morgan fingerprint density at radius 2 is 1.82 bits per heavy atom. The summed E-state index contributed by atoms with van der Waals surface area (Å²) in [4.78, 5) is 32.2. The standard InChI is InChI=1S/C24H20N4O5/c1-33-18-7-5-15(6-8-18)23(30)25-12-14-3-2-4-16(9-14)28-22-19-10-17(29)11-20(24(31)32)21(19)26-13-27-22/h2-11,13,29H,12H2,1H3,(H,25,30)(H,31,32)(H,26,27,28). The molecule has 4 aromatic rings. The first-order chi connectivity index (χ1) is 15.9. The van der Waals surface area contributed by atoms with E-state index < -0.39 is 5.97 Å². The number of hydrogen-bond acceptors (Lipinski definition) is 7. The third-order valence-corrected chi connectivity index (χ3v) is 4.95. The minimum Gasteiger partial charge on any atom is -0.508 e. The van der Waals surface area contributed by atoms with Crippen LogP contribution in [0.1, 0.15) is 26.3 Å². The number of amides is 1. The van der Waals surface area contributed by atoms with Gasteiger partial charge in [0.2, 0.25) is 0 Å². The van der Waals surface area contributed by atoms with Crippen LogP contribution >= 0.6 is 0 Å². The van der Waals surface area contributed by atoms with Gasteiger partial charge in [0.25, 0.3) is 5.91 Å². The molecule has 0 fully saturated rings. The number of methoxy groups -OCH3 is 1. The average Bonchev–Trinajstić information content (AvgIpc) is 2.82. The first-order valence-electron chi connectivity index (χ1n) is 9.94. The van der Waals surface area contributed by atoms with Crippen molar-refractivity contribution in [2.45, 2.75) is 6.54 Å². The summed E-state index contributed by atoms with van der Waals surface area (Å²) in [6.45, 7) is 0.300. The van der Waals surface area contributed by atoms with Crippen molar-refractivity contribution in [3.63, 3.8) is 0 Å². The SMILES string of the molecule is COc1ccc(C(=O)NCc2cccc(Nc3ncnc4c(C(=O)O)cc(O)cc34)c2)cc1. The third-order valence-electron chi connectivity index (χ3n) is 4.95. The summed E-state index contributed by atoms with van der Waals surface area (Å²) < 4.78 is 5.10. The van der Waals surface area contributed by atoms with E-state index in [-0.39, 0.29) is 22.7 Å². The van der Waals surface area contributed by atoms with E-state index in [0.717, 1.165) is 11.6 Å². The van der Waals surface area contributed by atoms with Gasteiger partial charge >= 0.3 is 5.97 Å². The highest BCUT2D eigenvalue weighted by molar-refractivity contribution is 6.05. The number of aromatic nitrogens is 2. The van der Waals surface area contributed by atoms with Crippen LogP contribution < -0.4 is 15.4 Å². The number of nitrogens with one attached hydrogen (secondary N) is 2. The molecule has 3 aromatic carbocycles. The topological polar surface area (TPSA) is 134 Å². The summed E-state index contributed by atoms with van der Waals surface area (Å²) >= 11 is 0. The summed E-state index contributed by atoms with van der Waals surface area (Å²) in [6, 6.07) is 16.7. The Hall–Kier alpha value is -4.66. The number of carbonyl (C=O) groups excluding carboxylic acids is 1. The molecule has 1 heterocycles. The summed E-state index contributed by atoms with van der Waals surface area (Å²) in [7, 11) is 1.56. The van der Waals surface area contributed by atoms with Gasteiger partial charge in [-0.25, -0.2) is 14.8 Å². The van der Waals surface area contributed by atoms with Crippen molar-refractivity contribution in [1.82, 2.24) is 15.3 Å². The normalized spacial score (nSPS) is 10.6. The van der Waals surface area contributed by atoms with Crippen LogP contribution in [0.3, 0.4) is 0 Å². The maximum atomic E-state index is 12.4. The largest absolute Gasteiger partial charge is 0.508 e. The highest BCUT2D eigenvalue weighted by Crippen LogP contribution is 2.29. The van der Waals surface area contributed by atoms with E-state index in [9.17, 15) is 19.8 Å². The van der Waals surface area contributed by atoms with Gasteiger partial charge < -0.3 is 25.6 Å². The number of aromatic carboxylic acids is 1. The zero-order valence-corrected chi connectivity index (χ0v) is 17.6. The lowest BCUT2D eigenvalue weighted by atomic mass is 10.1. The number of benzene rings is 3. The van der Waals surface area contributed by atoms with Crippen LogP contribution in [0, 0.1) is 0 Å². The molecular formula is C24H20N4O5. The molecule has 0 spiro atoms. The van der Waals surface area contributed by atoms with Crippen LogP contribution in [0.15, 0.2) is 67.0 Å². The number of ether oxygens (including phenoxy) is 1. The van der Waals surface area contributed by atoms with Crippen molar-refractivity contribution in [1.29, 1.82) is 0 Å². The quantitative estimate of drug-likeness (QED) is 0.339. The molecule has 1 amide bonds. The smallest absolute Gasteiger partial charge is 0.338 e. The summed E-state index contributed by atoms with van der Waals surface area (Å²) in [5.41, 5.74) is 2.12. The zero-order chi connectivity index (χ0) is 23.4. The Kier molecular flexibility index (Phi) is 6.03. The highest BCUT2D eigenvalue weighted by atomic mass is 16.5. The Morgan fingerprint density at radius 3 is 2.55 bits per heavy atom. The van der Waals surface area contributed by atoms with Gasteiger partial charge in [-0.05, 0) is 54.1 Å². The lowest BCUT2D eigenvalue weighted by Gasteiger charge is -2.12. The second kappa shape index (κ2) is 9.23.